The fraction of sp³-hybridized carbons (Fsp3) is 0.409. The van der Waals surface area contributed by atoms with Crippen molar-refractivity contribution in [3.63, 3.8) is 0 Å². The van der Waals surface area contributed by atoms with Crippen molar-refractivity contribution in [3.05, 3.63) is 42.5 Å². The molecule has 3 aromatic rings. The fourth-order valence-electron chi connectivity index (χ4n) is 3.87. The van der Waals surface area contributed by atoms with Crippen molar-refractivity contribution in [2.45, 2.75) is 49.4 Å². The van der Waals surface area contributed by atoms with Crippen LogP contribution in [0.25, 0.3) is 10.8 Å². The maximum Gasteiger partial charge on any atom is 0.237 e. The number of rotatable bonds is 7. The molecule has 5 nitrogen and oxygen atoms in total. The second-order valence-electron chi connectivity index (χ2n) is 7.28. The van der Waals surface area contributed by atoms with Gasteiger partial charge in [0.2, 0.25) is 11.0 Å². The minimum atomic E-state index is 0.0887. The largest absolute Gasteiger partial charge is 0.357 e. The molecule has 152 valence electrons. The summed E-state index contributed by atoms with van der Waals surface area (Å²) in [5.74, 6) is 0.445. The third kappa shape index (κ3) is 4.90. The van der Waals surface area contributed by atoms with Crippen molar-refractivity contribution in [2.75, 3.05) is 22.5 Å². The minimum Gasteiger partial charge on any atom is -0.357 e. The number of amides is 1. The van der Waals surface area contributed by atoms with E-state index in [-0.39, 0.29) is 5.91 Å². The van der Waals surface area contributed by atoms with Crippen LogP contribution in [0.2, 0.25) is 0 Å². The summed E-state index contributed by atoms with van der Waals surface area (Å²) >= 11 is 3.01. The molecule has 1 aliphatic rings. The molecule has 0 saturated heterocycles. The molecule has 0 bridgehead atoms. The van der Waals surface area contributed by atoms with E-state index in [9.17, 15) is 4.79 Å². The van der Waals surface area contributed by atoms with Gasteiger partial charge in [-0.1, -0.05) is 78.8 Å². The standard InChI is InChI=1S/C22H26N4OS2/c1-2-26(19-14-8-10-16-9-6-7-13-18(16)19)20(27)15-28-22-25-24-21(29-22)23-17-11-4-3-5-12-17/h6-10,13-14,17H,2-5,11-12,15H2,1H3,(H,23,24). The van der Waals surface area contributed by atoms with Gasteiger partial charge in [-0.25, -0.2) is 0 Å². The van der Waals surface area contributed by atoms with Gasteiger partial charge in [-0.05, 0) is 31.2 Å². The average molecular weight is 427 g/mol. The van der Waals surface area contributed by atoms with Gasteiger partial charge in [0.1, 0.15) is 0 Å². The van der Waals surface area contributed by atoms with Crippen LogP contribution >= 0.6 is 23.1 Å². The number of carbonyl (C=O) groups is 1. The molecule has 0 radical (unpaired) electrons. The number of thioether (sulfide) groups is 1. The summed E-state index contributed by atoms with van der Waals surface area (Å²) in [6, 6.07) is 14.8. The zero-order valence-electron chi connectivity index (χ0n) is 16.6. The Labute approximate surface area is 179 Å². The van der Waals surface area contributed by atoms with Gasteiger partial charge >= 0.3 is 0 Å². The van der Waals surface area contributed by atoms with E-state index < -0.39 is 0 Å². The highest BCUT2D eigenvalue weighted by atomic mass is 32.2. The lowest BCUT2D eigenvalue weighted by Crippen LogP contribution is -2.32. The lowest BCUT2D eigenvalue weighted by atomic mass is 9.96. The van der Waals surface area contributed by atoms with Crippen molar-refractivity contribution in [3.8, 4) is 0 Å². The van der Waals surface area contributed by atoms with Crippen molar-refractivity contribution < 1.29 is 4.79 Å². The van der Waals surface area contributed by atoms with Crippen LogP contribution in [-0.2, 0) is 4.79 Å². The second kappa shape index (κ2) is 9.59. The topological polar surface area (TPSA) is 58.1 Å². The van der Waals surface area contributed by atoms with E-state index in [2.05, 4.69) is 33.7 Å². The lowest BCUT2D eigenvalue weighted by molar-refractivity contribution is -0.116. The van der Waals surface area contributed by atoms with Gasteiger partial charge in [0.25, 0.3) is 0 Å². The maximum absolute atomic E-state index is 13.0. The molecular weight excluding hydrogens is 400 g/mol. The minimum absolute atomic E-state index is 0.0887. The number of nitrogens with zero attached hydrogens (tertiary/aromatic N) is 3. The van der Waals surface area contributed by atoms with E-state index in [1.807, 2.05) is 36.1 Å². The van der Waals surface area contributed by atoms with Crippen LogP contribution in [0.3, 0.4) is 0 Å². The van der Waals surface area contributed by atoms with Crippen molar-refractivity contribution in [1.29, 1.82) is 0 Å². The Morgan fingerprint density at radius 1 is 1.14 bits per heavy atom. The first kappa shape index (κ1) is 20.2. The molecule has 7 heteroatoms. The molecule has 1 saturated carbocycles. The smallest absolute Gasteiger partial charge is 0.237 e. The number of hydrogen-bond donors (Lipinski definition) is 1. The molecule has 1 aromatic heterocycles. The molecular formula is C22H26N4OS2. The molecule has 29 heavy (non-hydrogen) atoms. The van der Waals surface area contributed by atoms with E-state index in [0.717, 1.165) is 25.9 Å². The number of carbonyl (C=O) groups excluding carboxylic acids is 1. The highest BCUT2D eigenvalue weighted by molar-refractivity contribution is 8.01. The highest BCUT2D eigenvalue weighted by Gasteiger charge is 2.19. The number of benzene rings is 2. The van der Waals surface area contributed by atoms with Crippen molar-refractivity contribution in [1.82, 2.24) is 10.2 Å². The van der Waals surface area contributed by atoms with Gasteiger partial charge < -0.3 is 10.2 Å². The molecule has 1 aliphatic carbocycles. The quantitative estimate of drug-likeness (QED) is 0.500. The predicted molar refractivity (Wildman–Crippen MR) is 123 cm³/mol. The highest BCUT2D eigenvalue weighted by Crippen LogP contribution is 2.30. The van der Waals surface area contributed by atoms with Gasteiger partial charge in [-0.15, -0.1) is 10.2 Å². The molecule has 4 rings (SSSR count). The Kier molecular flexibility index (Phi) is 6.67. The number of nitrogens with one attached hydrogen (secondary N) is 1. The van der Waals surface area contributed by atoms with Gasteiger partial charge in [0.05, 0.1) is 11.4 Å². The molecule has 1 heterocycles. The third-order valence-electron chi connectivity index (χ3n) is 5.33. The number of aromatic nitrogens is 2. The van der Waals surface area contributed by atoms with Crippen LogP contribution in [-0.4, -0.2) is 34.4 Å². The molecule has 0 spiro atoms. The number of anilines is 2. The first-order chi connectivity index (χ1) is 14.2. The number of hydrogen-bond acceptors (Lipinski definition) is 6. The number of fused-ring (bicyclic) bond motifs is 1. The summed E-state index contributed by atoms with van der Waals surface area (Å²) in [6.07, 6.45) is 6.32. The lowest BCUT2D eigenvalue weighted by Gasteiger charge is -2.22. The summed E-state index contributed by atoms with van der Waals surface area (Å²) in [5.41, 5.74) is 0.966. The molecule has 1 amide bonds. The van der Waals surface area contributed by atoms with Crippen LogP contribution < -0.4 is 10.2 Å². The Morgan fingerprint density at radius 3 is 2.76 bits per heavy atom. The third-order valence-corrected chi connectivity index (χ3v) is 7.31. The Morgan fingerprint density at radius 2 is 1.93 bits per heavy atom. The van der Waals surface area contributed by atoms with Gasteiger partial charge in [-0.2, -0.15) is 0 Å². The summed E-state index contributed by atoms with van der Waals surface area (Å²) in [6.45, 7) is 2.65. The molecule has 0 atom stereocenters. The van der Waals surface area contributed by atoms with Gasteiger partial charge in [0.15, 0.2) is 4.34 Å². The first-order valence-corrected chi connectivity index (χ1v) is 12.1. The molecule has 1 fully saturated rings. The summed E-state index contributed by atoms with van der Waals surface area (Å²) in [4.78, 5) is 14.8. The first-order valence-electron chi connectivity index (χ1n) is 10.3. The summed E-state index contributed by atoms with van der Waals surface area (Å²) in [5, 5.41) is 15.1. The van der Waals surface area contributed by atoms with E-state index in [1.165, 1.54) is 43.9 Å². The van der Waals surface area contributed by atoms with Gasteiger partial charge in [0, 0.05) is 18.0 Å². The average Bonchev–Trinajstić information content (AvgIpc) is 3.21. The molecule has 0 aliphatic heterocycles. The van der Waals surface area contributed by atoms with Crippen LogP contribution in [0.4, 0.5) is 10.8 Å². The van der Waals surface area contributed by atoms with Crippen LogP contribution in [0.1, 0.15) is 39.0 Å². The summed E-state index contributed by atoms with van der Waals surface area (Å²) < 4.78 is 0.839. The zero-order valence-corrected chi connectivity index (χ0v) is 18.3. The SMILES string of the molecule is CCN(C(=O)CSc1nnc(NC2CCCCC2)s1)c1cccc2ccccc12. The molecule has 0 unspecified atom stereocenters. The van der Waals surface area contributed by atoms with Crippen LogP contribution in [0, 0.1) is 0 Å². The monoisotopic (exact) mass is 426 g/mol. The Balaban J connectivity index is 1.39. The molecule has 1 N–H and O–H groups in total. The van der Waals surface area contributed by atoms with Crippen LogP contribution in [0.5, 0.6) is 0 Å². The van der Waals surface area contributed by atoms with E-state index >= 15 is 0 Å². The second-order valence-corrected chi connectivity index (χ2v) is 9.48. The Hall–Kier alpha value is -2.12. The fourth-order valence-corrected chi connectivity index (χ4v) is 5.58. The summed E-state index contributed by atoms with van der Waals surface area (Å²) in [7, 11) is 0. The van der Waals surface area contributed by atoms with Gasteiger partial charge in [-0.3, -0.25) is 4.79 Å². The van der Waals surface area contributed by atoms with E-state index in [0.29, 0.717) is 18.3 Å². The van der Waals surface area contributed by atoms with Crippen molar-refractivity contribution >= 4 is 50.6 Å². The predicted octanol–water partition coefficient (Wildman–Crippen LogP) is 5.58. The van der Waals surface area contributed by atoms with Crippen molar-refractivity contribution in [2.24, 2.45) is 0 Å². The van der Waals surface area contributed by atoms with E-state index in [1.54, 1.807) is 11.3 Å². The normalized spacial score (nSPS) is 14.8. The zero-order chi connectivity index (χ0) is 20.1. The molecule has 2 aromatic carbocycles. The van der Waals surface area contributed by atoms with Crippen LogP contribution in [0.15, 0.2) is 46.8 Å². The maximum atomic E-state index is 13.0. The Bertz CT molecular complexity index is 963. The van der Waals surface area contributed by atoms with E-state index in [4.69, 9.17) is 0 Å².